The normalized spacial score (nSPS) is 16.7. The average molecular weight is 528 g/mol. The number of carbonyl (C=O) groups excluding carboxylic acids is 3. The van der Waals surface area contributed by atoms with Crippen molar-refractivity contribution < 1.29 is 28.6 Å². The molecule has 2 N–H and O–H groups in total. The zero-order valence-electron chi connectivity index (χ0n) is 21.1. The Hall–Kier alpha value is -3.77. The lowest BCUT2D eigenvalue weighted by atomic mass is 9.81. The Morgan fingerprint density at radius 1 is 1.03 bits per heavy atom. The second-order valence-corrected chi connectivity index (χ2v) is 9.06. The van der Waals surface area contributed by atoms with Gasteiger partial charge in [-0.25, -0.2) is 0 Å². The van der Waals surface area contributed by atoms with E-state index in [-0.39, 0.29) is 52.8 Å². The van der Waals surface area contributed by atoms with Gasteiger partial charge in [-0.2, -0.15) is 5.26 Å². The molecule has 0 atom stereocenters. The number of nitrogens with one attached hydrogen (secondary N) is 2. The lowest BCUT2D eigenvalue weighted by Gasteiger charge is -2.26. The van der Waals surface area contributed by atoms with Crippen molar-refractivity contribution in [3.05, 3.63) is 52.0 Å². The molecular weight excluding hydrogens is 498 g/mol. The summed E-state index contributed by atoms with van der Waals surface area (Å²) in [7, 11) is 2.92. The summed E-state index contributed by atoms with van der Waals surface area (Å²) in [6.07, 6.45) is 2.18. The number of rotatable bonds is 9. The minimum absolute atomic E-state index is 0.130. The highest BCUT2D eigenvalue weighted by Gasteiger charge is 2.31. The minimum Gasteiger partial charge on any atom is -0.495 e. The van der Waals surface area contributed by atoms with E-state index in [1.165, 1.54) is 26.4 Å². The zero-order chi connectivity index (χ0) is 26.9. The highest BCUT2D eigenvalue weighted by molar-refractivity contribution is 6.32. The van der Waals surface area contributed by atoms with Crippen LogP contribution in [-0.4, -0.2) is 38.6 Å². The summed E-state index contributed by atoms with van der Waals surface area (Å²) in [5.41, 5.74) is 1.27. The molecule has 0 radical (unpaired) electrons. The Labute approximate surface area is 221 Å². The van der Waals surface area contributed by atoms with E-state index in [0.29, 0.717) is 43.1 Å². The summed E-state index contributed by atoms with van der Waals surface area (Å²) < 4.78 is 15.5. The predicted octanol–water partition coefficient (Wildman–Crippen LogP) is 4.47. The van der Waals surface area contributed by atoms with Crippen LogP contribution in [0.25, 0.3) is 0 Å². The third-order valence-corrected chi connectivity index (χ3v) is 6.65. The average Bonchev–Trinajstić information content (AvgIpc) is 2.91. The zero-order valence-corrected chi connectivity index (χ0v) is 21.8. The van der Waals surface area contributed by atoms with Crippen LogP contribution in [-0.2, 0) is 20.9 Å². The predicted molar refractivity (Wildman–Crippen MR) is 138 cm³/mol. The van der Waals surface area contributed by atoms with Crippen molar-refractivity contribution >= 4 is 35.1 Å². The quantitative estimate of drug-likeness (QED) is 0.461. The topological polar surface area (TPSA) is 127 Å². The molecule has 3 rings (SSSR count). The van der Waals surface area contributed by atoms with Crippen molar-refractivity contribution in [2.24, 2.45) is 11.8 Å². The van der Waals surface area contributed by atoms with Gasteiger partial charge < -0.3 is 24.8 Å². The second-order valence-electron chi connectivity index (χ2n) is 8.65. The van der Waals surface area contributed by atoms with Gasteiger partial charge in [-0.3, -0.25) is 14.4 Å². The number of nitrogens with zero attached hydrogens (tertiary/aromatic N) is 1. The van der Waals surface area contributed by atoms with Gasteiger partial charge in [0, 0.05) is 18.5 Å². The Kier molecular flexibility index (Phi) is 9.75. The SMILES string of the molecule is CCOC(=O)C1CCC(C(=O)Nc2cc(OC)c(C#N)cc2C(=O)NCc2ccc(OC)c(Cl)c2)CC1. The van der Waals surface area contributed by atoms with E-state index in [9.17, 15) is 19.6 Å². The number of esters is 1. The first-order valence-corrected chi connectivity index (χ1v) is 12.4. The third kappa shape index (κ3) is 6.92. The van der Waals surface area contributed by atoms with Gasteiger partial charge in [-0.05, 0) is 56.4 Å². The number of methoxy groups -OCH3 is 2. The smallest absolute Gasteiger partial charge is 0.308 e. The summed E-state index contributed by atoms with van der Waals surface area (Å²) >= 11 is 6.17. The molecule has 0 heterocycles. The molecule has 0 bridgehead atoms. The van der Waals surface area contributed by atoms with Gasteiger partial charge in [0.05, 0.1) is 48.6 Å². The van der Waals surface area contributed by atoms with Gasteiger partial charge in [-0.1, -0.05) is 17.7 Å². The molecule has 1 aliphatic rings. The van der Waals surface area contributed by atoms with Crippen molar-refractivity contribution in [2.45, 2.75) is 39.2 Å². The first kappa shape index (κ1) is 27.8. The first-order valence-electron chi connectivity index (χ1n) is 12.0. The maximum atomic E-state index is 13.1. The van der Waals surface area contributed by atoms with Gasteiger partial charge in [0.15, 0.2) is 0 Å². The molecular formula is C27H30ClN3O6. The Balaban J connectivity index is 1.75. The van der Waals surface area contributed by atoms with Crippen LogP contribution in [0.15, 0.2) is 30.3 Å². The molecule has 37 heavy (non-hydrogen) atoms. The minimum atomic E-state index is -0.479. The molecule has 2 aromatic carbocycles. The van der Waals surface area contributed by atoms with Gasteiger partial charge >= 0.3 is 5.97 Å². The van der Waals surface area contributed by atoms with Crippen molar-refractivity contribution in [1.29, 1.82) is 5.26 Å². The number of anilines is 1. The van der Waals surface area contributed by atoms with E-state index in [0.717, 1.165) is 5.56 Å². The van der Waals surface area contributed by atoms with Crippen molar-refractivity contribution in [3.63, 3.8) is 0 Å². The van der Waals surface area contributed by atoms with Crippen LogP contribution >= 0.6 is 11.6 Å². The molecule has 196 valence electrons. The van der Waals surface area contributed by atoms with Crippen LogP contribution in [0.5, 0.6) is 11.5 Å². The van der Waals surface area contributed by atoms with E-state index in [4.69, 9.17) is 25.8 Å². The van der Waals surface area contributed by atoms with Crippen LogP contribution in [0.2, 0.25) is 5.02 Å². The fourth-order valence-electron chi connectivity index (χ4n) is 4.31. The highest BCUT2D eigenvalue weighted by Crippen LogP contribution is 2.32. The molecule has 10 heteroatoms. The largest absolute Gasteiger partial charge is 0.495 e. The van der Waals surface area contributed by atoms with Crippen LogP contribution in [0.3, 0.4) is 0 Å². The molecule has 0 aromatic heterocycles. The van der Waals surface area contributed by atoms with Crippen molar-refractivity contribution in [1.82, 2.24) is 5.32 Å². The van der Waals surface area contributed by atoms with Gasteiger partial charge in [-0.15, -0.1) is 0 Å². The van der Waals surface area contributed by atoms with Crippen LogP contribution in [0.1, 0.15) is 54.1 Å². The number of hydrogen-bond acceptors (Lipinski definition) is 7. The monoisotopic (exact) mass is 527 g/mol. The fourth-order valence-corrected chi connectivity index (χ4v) is 4.59. The molecule has 1 saturated carbocycles. The van der Waals surface area contributed by atoms with E-state index in [1.807, 2.05) is 6.07 Å². The fraction of sp³-hybridized carbons (Fsp3) is 0.407. The Morgan fingerprint density at radius 2 is 1.70 bits per heavy atom. The lowest BCUT2D eigenvalue weighted by molar-refractivity contribution is -0.150. The molecule has 0 spiro atoms. The van der Waals surface area contributed by atoms with Crippen molar-refractivity contribution in [2.75, 3.05) is 26.1 Å². The highest BCUT2D eigenvalue weighted by atomic mass is 35.5. The molecule has 9 nitrogen and oxygen atoms in total. The Morgan fingerprint density at radius 3 is 2.30 bits per heavy atom. The summed E-state index contributed by atoms with van der Waals surface area (Å²) in [6, 6.07) is 10.0. The molecule has 2 amide bonds. The number of hydrogen-bond donors (Lipinski definition) is 2. The lowest BCUT2D eigenvalue weighted by Crippen LogP contribution is -2.31. The van der Waals surface area contributed by atoms with Crippen LogP contribution in [0, 0.1) is 23.2 Å². The third-order valence-electron chi connectivity index (χ3n) is 6.35. The van der Waals surface area contributed by atoms with E-state index >= 15 is 0 Å². The molecule has 1 fully saturated rings. The molecule has 2 aromatic rings. The summed E-state index contributed by atoms with van der Waals surface area (Å²) in [6.45, 7) is 2.26. The van der Waals surface area contributed by atoms with Gasteiger partial charge in [0.25, 0.3) is 5.91 Å². The van der Waals surface area contributed by atoms with Crippen LogP contribution < -0.4 is 20.1 Å². The van der Waals surface area contributed by atoms with E-state index in [1.54, 1.807) is 25.1 Å². The Bertz CT molecular complexity index is 1200. The molecule has 0 unspecified atom stereocenters. The molecule has 0 saturated heterocycles. The molecule has 1 aliphatic carbocycles. The molecule has 0 aliphatic heterocycles. The number of ether oxygens (including phenoxy) is 3. The van der Waals surface area contributed by atoms with Gasteiger partial charge in [0.1, 0.15) is 17.6 Å². The summed E-state index contributed by atoms with van der Waals surface area (Å²) in [4.78, 5) is 38.2. The van der Waals surface area contributed by atoms with E-state index < -0.39 is 5.91 Å². The maximum Gasteiger partial charge on any atom is 0.308 e. The maximum absolute atomic E-state index is 13.1. The number of benzene rings is 2. The number of halogens is 1. The standard InChI is InChI=1S/C27H30ClN3O6/c1-4-37-27(34)18-8-6-17(7-9-18)25(32)31-22-13-24(36-3)19(14-29)12-20(22)26(33)30-15-16-5-10-23(35-2)21(28)11-16/h5,10-13,17-18H,4,6-9,15H2,1-3H3,(H,30,33)(H,31,32). The first-order chi connectivity index (χ1) is 17.8. The number of amides is 2. The van der Waals surface area contributed by atoms with Crippen LogP contribution in [0.4, 0.5) is 5.69 Å². The van der Waals surface area contributed by atoms with Crippen molar-refractivity contribution in [3.8, 4) is 17.6 Å². The van der Waals surface area contributed by atoms with Gasteiger partial charge in [0.2, 0.25) is 5.91 Å². The van der Waals surface area contributed by atoms with E-state index in [2.05, 4.69) is 10.6 Å². The summed E-state index contributed by atoms with van der Waals surface area (Å²) in [5, 5.41) is 15.6. The second kappa shape index (κ2) is 13.0. The number of carbonyl (C=O) groups is 3. The number of nitriles is 1. The summed E-state index contributed by atoms with van der Waals surface area (Å²) in [5.74, 6) is -0.724.